The normalized spacial score (nSPS) is 15.7. The first kappa shape index (κ1) is 23.7. The lowest BCUT2D eigenvalue weighted by Crippen LogP contribution is -2.41. The minimum atomic E-state index is -5.21. The number of nitrogens with zero attached hydrogens (tertiary/aromatic N) is 4. The summed E-state index contributed by atoms with van der Waals surface area (Å²) in [5.41, 5.74) is 2.19. The van der Waals surface area contributed by atoms with Crippen LogP contribution in [0.25, 0.3) is 11.0 Å². The SMILES string of the molecule is NC(=O)c1ccnc2c(NC(CN3CCC3)c3ccc(C(F)(F)F)c(C(F)(F)F)c3)ncnc12. The summed E-state index contributed by atoms with van der Waals surface area (Å²) >= 11 is 0. The number of halogens is 6. The van der Waals surface area contributed by atoms with E-state index >= 15 is 0 Å². The van der Waals surface area contributed by atoms with Crippen molar-refractivity contribution in [2.75, 3.05) is 25.0 Å². The highest BCUT2D eigenvalue weighted by Gasteiger charge is 2.43. The Morgan fingerprint density at radius 2 is 1.71 bits per heavy atom. The molecule has 3 heterocycles. The van der Waals surface area contributed by atoms with Crippen molar-refractivity contribution in [2.24, 2.45) is 5.73 Å². The van der Waals surface area contributed by atoms with E-state index < -0.39 is 35.4 Å². The van der Waals surface area contributed by atoms with Crippen molar-refractivity contribution in [1.82, 2.24) is 19.9 Å². The van der Waals surface area contributed by atoms with Gasteiger partial charge in [-0.25, -0.2) is 9.97 Å². The van der Waals surface area contributed by atoms with Crippen LogP contribution in [0.15, 0.2) is 36.8 Å². The number of pyridine rings is 1. The largest absolute Gasteiger partial charge is 0.417 e. The van der Waals surface area contributed by atoms with Gasteiger partial charge in [0.1, 0.15) is 17.4 Å². The van der Waals surface area contributed by atoms with Crippen LogP contribution in [-0.2, 0) is 12.4 Å². The summed E-state index contributed by atoms with van der Waals surface area (Å²) in [6, 6.07) is 2.46. The van der Waals surface area contributed by atoms with Crippen molar-refractivity contribution < 1.29 is 31.1 Å². The molecule has 0 aliphatic carbocycles. The van der Waals surface area contributed by atoms with E-state index in [2.05, 4.69) is 20.3 Å². The molecule has 1 aromatic carbocycles. The molecule has 180 valence electrons. The van der Waals surface area contributed by atoms with Gasteiger partial charge in [0, 0.05) is 12.7 Å². The van der Waals surface area contributed by atoms with Crippen molar-refractivity contribution in [3.63, 3.8) is 0 Å². The Balaban J connectivity index is 1.79. The Morgan fingerprint density at radius 1 is 1.00 bits per heavy atom. The van der Waals surface area contributed by atoms with E-state index in [9.17, 15) is 31.1 Å². The molecule has 34 heavy (non-hydrogen) atoms. The number of fused-ring (bicyclic) bond motifs is 1. The number of benzene rings is 1. The maximum absolute atomic E-state index is 13.5. The van der Waals surface area contributed by atoms with Gasteiger partial charge in [-0.2, -0.15) is 26.3 Å². The summed E-state index contributed by atoms with van der Waals surface area (Å²) in [6.45, 7) is 1.60. The minimum absolute atomic E-state index is 0.00922. The van der Waals surface area contributed by atoms with Gasteiger partial charge in [-0.1, -0.05) is 6.07 Å². The number of carbonyl (C=O) groups is 1. The number of likely N-dealkylation sites (tertiary alicyclic amines) is 1. The number of anilines is 1. The Bertz CT molecular complexity index is 1220. The molecule has 3 aromatic rings. The van der Waals surface area contributed by atoms with Crippen molar-refractivity contribution >= 4 is 22.8 Å². The van der Waals surface area contributed by atoms with Gasteiger partial charge >= 0.3 is 12.4 Å². The van der Waals surface area contributed by atoms with Crippen LogP contribution in [-0.4, -0.2) is 45.4 Å². The number of nitrogens with two attached hydrogens (primary N) is 1. The fraction of sp³-hybridized carbons (Fsp3) is 0.333. The zero-order valence-electron chi connectivity index (χ0n) is 17.4. The lowest BCUT2D eigenvalue weighted by molar-refractivity contribution is -0.162. The van der Waals surface area contributed by atoms with Crippen LogP contribution in [0.5, 0.6) is 0 Å². The number of hydrogen-bond donors (Lipinski definition) is 2. The maximum atomic E-state index is 13.5. The molecule has 3 N–H and O–H groups in total. The molecule has 13 heteroatoms. The molecule has 4 rings (SSSR count). The molecule has 0 saturated carbocycles. The molecule has 7 nitrogen and oxygen atoms in total. The number of carbonyl (C=O) groups excluding carboxylic acids is 1. The number of aromatic nitrogens is 3. The third kappa shape index (κ3) is 4.74. The summed E-state index contributed by atoms with van der Waals surface area (Å²) in [7, 11) is 0. The highest BCUT2D eigenvalue weighted by Crippen LogP contribution is 2.41. The van der Waals surface area contributed by atoms with Gasteiger partial charge in [0.15, 0.2) is 5.82 Å². The van der Waals surface area contributed by atoms with Crippen LogP contribution >= 0.6 is 0 Å². The van der Waals surface area contributed by atoms with E-state index in [1.807, 2.05) is 4.90 Å². The second-order valence-electron chi connectivity index (χ2n) is 7.79. The molecule has 1 aliphatic rings. The minimum Gasteiger partial charge on any atom is -0.366 e. The molecule has 0 bridgehead atoms. The summed E-state index contributed by atoms with van der Waals surface area (Å²) in [5.74, 6) is -0.654. The number of primary amides is 1. The van der Waals surface area contributed by atoms with E-state index in [0.717, 1.165) is 18.8 Å². The third-order valence-corrected chi connectivity index (χ3v) is 5.54. The lowest BCUT2D eigenvalue weighted by atomic mass is 9.97. The van der Waals surface area contributed by atoms with E-state index in [0.29, 0.717) is 25.2 Å². The van der Waals surface area contributed by atoms with Crippen molar-refractivity contribution in [2.45, 2.75) is 24.8 Å². The van der Waals surface area contributed by atoms with Crippen molar-refractivity contribution in [3.05, 3.63) is 59.0 Å². The van der Waals surface area contributed by atoms with Gasteiger partial charge < -0.3 is 16.0 Å². The van der Waals surface area contributed by atoms with Crippen molar-refractivity contribution in [3.8, 4) is 0 Å². The predicted octanol–water partition coefficient (Wildman–Crippen LogP) is 4.02. The molecule has 2 aromatic heterocycles. The molecule has 0 spiro atoms. The van der Waals surface area contributed by atoms with E-state index in [1.165, 1.54) is 12.3 Å². The number of alkyl halides is 6. The molecule has 1 aliphatic heterocycles. The van der Waals surface area contributed by atoms with Gasteiger partial charge in [-0.15, -0.1) is 0 Å². The van der Waals surface area contributed by atoms with Gasteiger partial charge in [0.25, 0.3) is 5.91 Å². The Labute approximate surface area is 189 Å². The monoisotopic (exact) mass is 484 g/mol. The quantitative estimate of drug-likeness (QED) is 0.513. The second kappa shape index (κ2) is 8.70. The molecular formula is C21H18F6N6O. The molecule has 1 saturated heterocycles. The summed E-state index contributed by atoms with van der Waals surface area (Å²) < 4.78 is 80.2. The van der Waals surface area contributed by atoms with E-state index in [-0.39, 0.29) is 34.5 Å². The standard InChI is InChI=1S/C21H18F6N6O/c22-20(23,24)13-3-2-11(8-14(13)21(25,26)27)15(9-33-6-1-7-33)32-19-17-16(30-10-31-19)12(18(28)34)4-5-29-17/h2-5,8,10,15H,1,6-7,9H2,(H2,28,34)(H,30,31,32). The summed E-state index contributed by atoms with van der Waals surface area (Å²) in [5, 5.41) is 2.98. The van der Waals surface area contributed by atoms with E-state index in [1.54, 1.807) is 0 Å². The average molecular weight is 484 g/mol. The predicted molar refractivity (Wildman–Crippen MR) is 110 cm³/mol. The first-order valence-corrected chi connectivity index (χ1v) is 10.1. The highest BCUT2D eigenvalue weighted by atomic mass is 19.4. The van der Waals surface area contributed by atoms with Crippen LogP contribution in [0.2, 0.25) is 0 Å². The first-order valence-electron chi connectivity index (χ1n) is 10.1. The number of nitrogens with one attached hydrogen (secondary N) is 1. The Hall–Kier alpha value is -3.48. The molecule has 1 fully saturated rings. The van der Waals surface area contributed by atoms with Crippen molar-refractivity contribution in [1.29, 1.82) is 0 Å². The Kier molecular flexibility index (Phi) is 6.06. The zero-order valence-corrected chi connectivity index (χ0v) is 17.4. The van der Waals surface area contributed by atoms with Crippen LogP contribution in [0.3, 0.4) is 0 Å². The number of rotatable bonds is 6. The summed E-state index contributed by atoms with van der Waals surface area (Å²) in [6.07, 6.45) is -7.04. The third-order valence-electron chi connectivity index (χ3n) is 5.54. The van der Waals surface area contributed by atoms with Gasteiger partial charge in [0.05, 0.1) is 22.7 Å². The van der Waals surface area contributed by atoms with Crippen LogP contribution in [0.4, 0.5) is 32.2 Å². The topological polar surface area (TPSA) is 97.0 Å². The maximum Gasteiger partial charge on any atom is 0.417 e. The molecule has 1 atom stereocenters. The van der Waals surface area contributed by atoms with Gasteiger partial charge in [-0.05, 0) is 43.3 Å². The lowest BCUT2D eigenvalue weighted by Gasteiger charge is -2.35. The van der Waals surface area contributed by atoms with Crippen LogP contribution in [0.1, 0.15) is 39.5 Å². The smallest absolute Gasteiger partial charge is 0.366 e. The van der Waals surface area contributed by atoms with Crippen LogP contribution in [0, 0.1) is 0 Å². The highest BCUT2D eigenvalue weighted by molar-refractivity contribution is 6.05. The second-order valence-corrected chi connectivity index (χ2v) is 7.79. The fourth-order valence-corrected chi connectivity index (χ4v) is 3.75. The van der Waals surface area contributed by atoms with Crippen LogP contribution < -0.4 is 11.1 Å². The first-order chi connectivity index (χ1) is 15.9. The number of hydrogen-bond acceptors (Lipinski definition) is 6. The molecule has 1 unspecified atom stereocenters. The Morgan fingerprint density at radius 3 is 2.29 bits per heavy atom. The zero-order chi connectivity index (χ0) is 24.7. The van der Waals surface area contributed by atoms with E-state index in [4.69, 9.17) is 5.73 Å². The summed E-state index contributed by atoms with van der Waals surface area (Å²) in [4.78, 5) is 25.9. The molecular weight excluding hydrogens is 466 g/mol. The molecule has 0 radical (unpaired) electrons. The van der Waals surface area contributed by atoms with Gasteiger partial charge in [0.2, 0.25) is 0 Å². The molecule has 1 amide bonds. The fourth-order valence-electron chi connectivity index (χ4n) is 3.75. The van der Waals surface area contributed by atoms with Gasteiger partial charge in [-0.3, -0.25) is 9.78 Å². The number of amides is 1. The average Bonchev–Trinajstić information content (AvgIpc) is 2.73.